The van der Waals surface area contributed by atoms with E-state index in [9.17, 15) is 4.39 Å². The van der Waals surface area contributed by atoms with Crippen molar-refractivity contribution < 1.29 is 9.13 Å². The summed E-state index contributed by atoms with van der Waals surface area (Å²) in [6, 6.07) is 21.9. The summed E-state index contributed by atoms with van der Waals surface area (Å²) < 4.78 is 20.5. The summed E-state index contributed by atoms with van der Waals surface area (Å²) in [5, 5.41) is 4.50. The van der Waals surface area contributed by atoms with E-state index >= 15 is 0 Å². The van der Waals surface area contributed by atoms with E-state index in [4.69, 9.17) is 4.74 Å². The van der Waals surface area contributed by atoms with Gasteiger partial charge in [0.15, 0.2) is 0 Å². The highest BCUT2D eigenvalue weighted by Crippen LogP contribution is 2.33. The number of aryl methyl sites for hydroxylation is 1. The number of aromatic nitrogens is 3. The van der Waals surface area contributed by atoms with Crippen LogP contribution < -0.4 is 4.74 Å². The number of ether oxygens (including phenoxy) is 1. The molecule has 2 heterocycles. The Kier molecular flexibility index (Phi) is 5.95. The van der Waals surface area contributed by atoms with Gasteiger partial charge < -0.3 is 4.74 Å². The molecule has 2 aromatic heterocycles. The van der Waals surface area contributed by atoms with Crippen LogP contribution in [0, 0.1) is 0 Å². The Morgan fingerprint density at radius 2 is 1.62 bits per heavy atom. The summed E-state index contributed by atoms with van der Waals surface area (Å²) in [6.07, 6.45) is 5.79. The molecule has 0 aliphatic carbocycles. The molecule has 0 aliphatic rings. The number of halogens is 1. The van der Waals surface area contributed by atoms with Gasteiger partial charge in [-0.1, -0.05) is 30.3 Å². The van der Waals surface area contributed by atoms with Crippen molar-refractivity contribution in [1.29, 1.82) is 0 Å². The van der Waals surface area contributed by atoms with Crippen molar-refractivity contribution in [3.05, 3.63) is 90.9 Å². The monoisotopic (exact) mass is 387 g/mol. The van der Waals surface area contributed by atoms with Crippen LogP contribution in [0.2, 0.25) is 0 Å². The maximum absolute atomic E-state index is 12.8. The Hall–Kier alpha value is -3.47. The van der Waals surface area contributed by atoms with Gasteiger partial charge in [-0.25, -0.2) is 0 Å². The lowest BCUT2D eigenvalue weighted by Crippen LogP contribution is -2.03. The summed E-state index contributed by atoms with van der Waals surface area (Å²) in [6.45, 7) is 0.691. The van der Waals surface area contributed by atoms with E-state index in [1.807, 2.05) is 77.6 Å². The van der Waals surface area contributed by atoms with Crippen molar-refractivity contribution in [2.45, 2.75) is 19.6 Å². The van der Waals surface area contributed by atoms with Gasteiger partial charge >= 0.3 is 0 Å². The second-order valence-corrected chi connectivity index (χ2v) is 6.71. The number of nitrogens with zero attached hydrogens (tertiary/aromatic N) is 3. The number of benzene rings is 2. The van der Waals surface area contributed by atoms with Gasteiger partial charge in [0.2, 0.25) is 0 Å². The molecule has 29 heavy (non-hydrogen) atoms. The average Bonchev–Trinajstić information content (AvgIpc) is 3.22. The second kappa shape index (κ2) is 9.15. The highest BCUT2D eigenvalue weighted by Gasteiger charge is 2.15. The van der Waals surface area contributed by atoms with E-state index in [0.717, 1.165) is 33.7 Å². The van der Waals surface area contributed by atoms with Crippen molar-refractivity contribution in [2.24, 2.45) is 0 Å². The van der Waals surface area contributed by atoms with Gasteiger partial charge in [0, 0.05) is 30.1 Å². The molecule has 0 atom stereocenters. The molecule has 0 fully saturated rings. The SMILES string of the molecule is FCCCn1ncc(-c2ccncc2)c1-c1ccc(OCc2ccccc2)cc1. The Balaban J connectivity index is 1.60. The predicted molar refractivity (Wildman–Crippen MR) is 112 cm³/mol. The second-order valence-electron chi connectivity index (χ2n) is 6.71. The fourth-order valence-corrected chi connectivity index (χ4v) is 3.26. The van der Waals surface area contributed by atoms with Gasteiger partial charge in [-0.3, -0.25) is 14.1 Å². The van der Waals surface area contributed by atoms with Gasteiger partial charge in [0.25, 0.3) is 0 Å². The molecule has 4 rings (SSSR count). The van der Waals surface area contributed by atoms with Crippen LogP contribution in [0.5, 0.6) is 5.75 Å². The predicted octanol–water partition coefficient (Wildman–Crippen LogP) is 5.55. The summed E-state index contributed by atoms with van der Waals surface area (Å²) in [5.41, 5.74) is 5.15. The van der Waals surface area contributed by atoms with Crippen LogP contribution in [0.4, 0.5) is 4.39 Å². The van der Waals surface area contributed by atoms with E-state index < -0.39 is 0 Å². The third-order valence-electron chi connectivity index (χ3n) is 4.71. The zero-order chi connectivity index (χ0) is 19.9. The van der Waals surface area contributed by atoms with E-state index in [-0.39, 0.29) is 6.67 Å². The van der Waals surface area contributed by atoms with Crippen LogP contribution >= 0.6 is 0 Å². The maximum Gasteiger partial charge on any atom is 0.119 e. The van der Waals surface area contributed by atoms with Crippen molar-refractivity contribution in [1.82, 2.24) is 14.8 Å². The normalized spacial score (nSPS) is 10.8. The Morgan fingerprint density at radius 3 is 2.34 bits per heavy atom. The number of pyridine rings is 1. The Labute approximate surface area is 169 Å². The number of alkyl halides is 1. The van der Waals surface area contributed by atoms with Crippen molar-refractivity contribution in [2.75, 3.05) is 6.67 Å². The maximum atomic E-state index is 12.8. The van der Waals surface area contributed by atoms with E-state index in [0.29, 0.717) is 19.6 Å². The highest BCUT2D eigenvalue weighted by atomic mass is 19.1. The molecule has 0 unspecified atom stereocenters. The van der Waals surface area contributed by atoms with Crippen molar-refractivity contribution in [3.8, 4) is 28.1 Å². The molecule has 0 aliphatic heterocycles. The minimum Gasteiger partial charge on any atom is -0.489 e. The molecule has 0 amide bonds. The molecule has 5 heteroatoms. The molecule has 0 N–H and O–H groups in total. The fourth-order valence-electron chi connectivity index (χ4n) is 3.26. The molecule has 0 bridgehead atoms. The zero-order valence-electron chi connectivity index (χ0n) is 16.0. The largest absolute Gasteiger partial charge is 0.489 e. The van der Waals surface area contributed by atoms with Crippen LogP contribution in [0.15, 0.2) is 85.3 Å². The van der Waals surface area contributed by atoms with Gasteiger partial charge in [-0.15, -0.1) is 0 Å². The lowest BCUT2D eigenvalue weighted by atomic mass is 10.0. The fraction of sp³-hybridized carbons (Fsp3) is 0.167. The molecule has 0 spiro atoms. The van der Waals surface area contributed by atoms with Crippen LogP contribution in [0.3, 0.4) is 0 Å². The lowest BCUT2D eigenvalue weighted by Gasteiger charge is -2.11. The molecule has 4 nitrogen and oxygen atoms in total. The van der Waals surface area contributed by atoms with Gasteiger partial charge in [-0.2, -0.15) is 5.10 Å². The average molecular weight is 387 g/mol. The third kappa shape index (κ3) is 4.51. The molecule has 2 aromatic carbocycles. The molecule has 0 saturated carbocycles. The first kappa shape index (κ1) is 18.9. The number of hydrogen-bond acceptors (Lipinski definition) is 3. The van der Waals surface area contributed by atoms with Gasteiger partial charge in [-0.05, 0) is 53.9 Å². The zero-order valence-corrected chi connectivity index (χ0v) is 16.0. The minimum atomic E-state index is -0.365. The van der Waals surface area contributed by atoms with Crippen LogP contribution in [-0.2, 0) is 13.2 Å². The van der Waals surface area contributed by atoms with E-state index in [1.165, 1.54) is 0 Å². The first-order valence-corrected chi connectivity index (χ1v) is 9.64. The molecule has 0 saturated heterocycles. The summed E-state index contributed by atoms with van der Waals surface area (Å²) >= 11 is 0. The first-order valence-electron chi connectivity index (χ1n) is 9.64. The van der Waals surface area contributed by atoms with Crippen LogP contribution in [0.25, 0.3) is 22.4 Å². The number of rotatable bonds is 8. The molecule has 146 valence electrons. The standard InChI is InChI=1S/C24H22FN3O/c25-13-4-16-28-24(23(17-27-28)20-11-14-26-15-12-20)21-7-9-22(10-8-21)29-18-19-5-2-1-3-6-19/h1-3,5-12,14-15,17H,4,13,16,18H2. The summed E-state index contributed by atoms with van der Waals surface area (Å²) in [4.78, 5) is 4.09. The Bertz CT molecular complexity index is 1030. The van der Waals surface area contributed by atoms with E-state index in [2.05, 4.69) is 10.1 Å². The van der Waals surface area contributed by atoms with E-state index in [1.54, 1.807) is 12.4 Å². The molecule has 0 radical (unpaired) electrons. The van der Waals surface area contributed by atoms with Gasteiger partial charge in [0.05, 0.1) is 18.6 Å². The van der Waals surface area contributed by atoms with Crippen LogP contribution in [-0.4, -0.2) is 21.4 Å². The number of hydrogen-bond donors (Lipinski definition) is 0. The molecule has 4 aromatic rings. The quantitative estimate of drug-likeness (QED) is 0.398. The van der Waals surface area contributed by atoms with Gasteiger partial charge in [0.1, 0.15) is 12.4 Å². The topological polar surface area (TPSA) is 39.9 Å². The van der Waals surface area contributed by atoms with Crippen molar-refractivity contribution >= 4 is 0 Å². The van der Waals surface area contributed by atoms with Crippen LogP contribution in [0.1, 0.15) is 12.0 Å². The highest BCUT2D eigenvalue weighted by molar-refractivity contribution is 5.80. The third-order valence-corrected chi connectivity index (χ3v) is 4.71. The van der Waals surface area contributed by atoms with Crippen molar-refractivity contribution in [3.63, 3.8) is 0 Å². The lowest BCUT2D eigenvalue weighted by molar-refractivity contribution is 0.306. The minimum absolute atomic E-state index is 0.365. The Morgan fingerprint density at radius 1 is 0.862 bits per heavy atom. The summed E-state index contributed by atoms with van der Waals surface area (Å²) in [5.74, 6) is 0.804. The summed E-state index contributed by atoms with van der Waals surface area (Å²) in [7, 11) is 0. The molecular weight excluding hydrogens is 365 g/mol. The smallest absolute Gasteiger partial charge is 0.119 e. The molecular formula is C24H22FN3O. The first-order chi connectivity index (χ1) is 14.3.